The van der Waals surface area contributed by atoms with Crippen LogP contribution in [0.15, 0.2) is 29.4 Å². The first-order chi connectivity index (χ1) is 17.2. The van der Waals surface area contributed by atoms with E-state index in [1.807, 2.05) is 0 Å². The van der Waals surface area contributed by atoms with Gasteiger partial charge in [-0.1, -0.05) is 17.3 Å². The summed E-state index contributed by atoms with van der Waals surface area (Å²) in [6, 6.07) is 6.40. The van der Waals surface area contributed by atoms with Gasteiger partial charge in [0.2, 0.25) is 5.91 Å². The van der Waals surface area contributed by atoms with Crippen LogP contribution < -0.4 is 10.6 Å². The van der Waals surface area contributed by atoms with Crippen LogP contribution in [0.5, 0.6) is 0 Å². The van der Waals surface area contributed by atoms with Crippen molar-refractivity contribution in [3.05, 3.63) is 58.4 Å². The number of rotatable bonds is 7. The molecule has 0 radical (unpaired) electrons. The minimum atomic E-state index is -1.01. The zero-order valence-electron chi connectivity index (χ0n) is 20.8. The number of amides is 2. The Morgan fingerprint density at radius 3 is 2.61 bits per heavy atom. The summed E-state index contributed by atoms with van der Waals surface area (Å²) in [6.45, 7) is 5.12. The standard InChI is InChI=1S/C26H32FN5O4/c1-14-10-17(4-9-20(14)27)13-28-26(35)23-11-21(29-16(3)30-23)22-12-24(36-32-22)18-5-7-19(8-6-18)31-25(34)15(2)33/h4,9-11,15,18-19,24,33H,5-8,12-13H2,1-3H3,(H,28,35)(H,31,34). The molecule has 1 fully saturated rings. The molecule has 1 aliphatic heterocycles. The van der Waals surface area contributed by atoms with Crippen molar-refractivity contribution in [1.82, 2.24) is 20.6 Å². The van der Waals surface area contributed by atoms with Gasteiger partial charge in [0.25, 0.3) is 5.91 Å². The first kappa shape index (κ1) is 25.7. The molecule has 3 N–H and O–H groups in total. The number of oxime groups is 1. The van der Waals surface area contributed by atoms with Crippen molar-refractivity contribution in [3.63, 3.8) is 0 Å². The fourth-order valence-corrected chi connectivity index (χ4v) is 4.68. The fraction of sp³-hybridized carbons (Fsp3) is 0.500. The number of carbonyl (C=O) groups is 2. The lowest BCUT2D eigenvalue weighted by molar-refractivity contribution is -0.129. The molecule has 9 nitrogen and oxygen atoms in total. The van der Waals surface area contributed by atoms with Crippen LogP contribution in [0, 0.1) is 25.6 Å². The molecule has 2 atom stereocenters. The maximum absolute atomic E-state index is 13.5. The molecule has 0 spiro atoms. The third kappa shape index (κ3) is 6.23. The molecular formula is C26H32FN5O4. The summed E-state index contributed by atoms with van der Waals surface area (Å²) in [5.74, 6) is -0.216. The molecule has 1 saturated carbocycles. The first-order valence-electron chi connectivity index (χ1n) is 12.3. The normalized spacial score (nSPS) is 22.4. The third-order valence-electron chi connectivity index (χ3n) is 6.76. The van der Waals surface area contributed by atoms with Crippen molar-refractivity contribution in [2.45, 2.75) is 77.7 Å². The molecule has 2 heterocycles. The molecule has 2 unspecified atom stereocenters. The van der Waals surface area contributed by atoms with Crippen LogP contribution in [0.25, 0.3) is 0 Å². The maximum atomic E-state index is 13.5. The van der Waals surface area contributed by atoms with Crippen molar-refractivity contribution in [1.29, 1.82) is 0 Å². The Morgan fingerprint density at radius 2 is 1.92 bits per heavy atom. The lowest BCUT2D eigenvalue weighted by Crippen LogP contribution is -2.43. The summed E-state index contributed by atoms with van der Waals surface area (Å²) in [6.07, 6.45) is 2.91. The minimum absolute atomic E-state index is 0.0644. The number of aliphatic hydroxyl groups is 1. The number of aryl methyl sites for hydroxylation is 2. The monoisotopic (exact) mass is 497 g/mol. The fourth-order valence-electron chi connectivity index (χ4n) is 4.68. The van der Waals surface area contributed by atoms with Gasteiger partial charge in [-0.25, -0.2) is 14.4 Å². The van der Waals surface area contributed by atoms with E-state index < -0.39 is 6.10 Å². The van der Waals surface area contributed by atoms with E-state index in [4.69, 9.17) is 4.84 Å². The second kappa shape index (κ2) is 11.1. The number of aromatic nitrogens is 2. The van der Waals surface area contributed by atoms with Gasteiger partial charge in [0.15, 0.2) is 0 Å². The van der Waals surface area contributed by atoms with Gasteiger partial charge in [0, 0.05) is 19.0 Å². The molecule has 0 bridgehead atoms. The lowest BCUT2D eigenvalue weighted by Gasteiger charge is -2.31. The van der Waals surface area contributed by atoms with E-state index in [0.717, 1.165) is 31.2 Å². The molecule has 1 aliphatic carbocycles. The van der Waals surface area contributed by atoms with Crippen LogP contribution in [0.3, 0.4) is 0 Å². The second-order valence-corrected chi connectivity index (χ2v) is 9.63. The number of carbonyl (C=O) groups excluding carboxylic acids is 2. The Labute approximate surface area is 209 Å². The summed E-state index contributed by atoms with van der Waals surface area (Å²) in [5.41, 5.74) is 2.79. The average Bonchev–Trinajstić information content (AvgIpc) is 3.35. The minimum Gasteiger partial charge on any atom is -0.391 e. The predicted octanol–water partition coefficient (Wildman–Crippen LogP) is 2.71. The van der Waals surface area contributed by atoms with Crippen LogP contribution in [-0.4, -0.2) is 50.9 Å². The zero-order chi connectivity index (χ0) is 25.8. The van der Waals surface area contributed by atoms with Crippen molar-refractivity contribution >= 4 is 17.5 Å². The van der Waals surface area contributed by atoms with Gasteiger partial charge in [0.1, 0.15) is 35.3 Å². The van der Waals surface area contributed by atoms with Crippen LogP contribution >= 0.6 is 0 Å². The molecule has 36 heavy (non-hydrogen) atoms. The SMILES string of the molecule is Cc1nc(C(=O)NCc2ccc(F)c(C)c2)cc(C2=NOC(C3CCC(NC(=O)C(C)O)CC3)C2)n1. The number of halogens is 1. The number of benzene rings is 1. The number of nitrogens with zero attached hydrogens (tertiary/aromatic N) is 3. The van der Waals surface area contributed by atoms with Crippen LogP contribution in [0.4, 0.5) is 4.39 Å². The van der Waals surface area contributed by atoms with E-state index in [1.54, 1.807) is 32.0 Å². The number of aliphatic hydroxyl groups excluding tert-OH is 1. The van der Waals surface area contributed by atoms with E-state index in [-0.39, 0.29) is 42.0 Å². The van der Waals surface area contributed by atoms with Crippen molar-refractivity contribution in [2.24, 2.45) is 11.1 Å². The molecule has 192 valence electrons. The van der Waals surface area contributed by atoms with Crippen molar-refractivity contribution < 1.29 is 23.9 Å². The predicted molar refractivity (Wildman–Crippen MR) is 131 cm³/mol. The van der Waals surface area contributed by atoms with Crippen molar-refractivity contribution in [2.75, 3.05) is 0 Å². The summed E-state index contributed by atoms with van der Waals surface area (Å²) in [5, 5.41) is 19.4. The Kier molecular flexibility index (Phi) is 7.93. The van der Waals surface area contributed by atoms with Crippen LogP contribution in [0.2, 0.25) is 0 Å². The van der Waals surface area contributed by atoms with E-state index in [9.17, 15) is 19.1 Å². The van der Waals surface area contributed by atoms with E-state index in [1.165, 1.54) is 13.0 Å². The molecule has 2 aromatic rings. The Hall–Kier alpha value is -3.40. The number of hydrogen-bond acceptors (Lipinski definition) is 7. The maximum Gasteiger partial charge on any atom is 0.270 e. The van der Waals surface area contributed by atoms with Gasteiger partial charge in [-0.15, -0.1) is 0 Å². The van der Waals surface area contributed by atoms with Crippen molar-refractivity contribution in [3.8, 4) is 0 Å². The van der Waals surface area contributed by atoms with E-state index in [2.05, 4.69) is 25.8 Å². The molecule has 4 rings (SSSR count). The lowest BCUT2D eigenvalue weighted by atomic mass is 9.81. The second-order valence-electron chi connectivity index (χ2n) is 9.63. The summed E-state index contributed by atoms with van der Waals surface area (Å²) in [7, 11) is 0. The molecule has 2 amide bonds. The number of nitrogens with one attached hydrogen (secondary N) is 2. The van der Waals surface area contributed by atoms with Crippen LogP contribution in [0.1, 0.15) is 72.2 Å². The largest absolute Gasteiger partial charge is 0.391 e. The third-order valence-corrected chi connectivity index (χ3v) is 6.76. The Bertz CT molecular complexity index is 1160. The first-order valence-corrected chi connectivity index (χ1v) is 12.3. The van der Waals surface area contributed by atoms with Gasteiger partial charge >= 0.3 is 0 Å². The van der Waals surface area contributed by atoms with E-state index in [0.29, 0.717) is 35.1 Å². The highest BCUT2D eigenvalue weighted by atomic mass is 19.1. The zero-order valence-corrected chi connectivity index (χ0v) is 20.8. The summed E-state index contributed by atoms with van der Waals surface area (Å²) < 4.78 is 13.5. The smallest absolute Gasteiger partial charge is 0.270 e. The average molecular weight is 498 g/mol. The molecule has 1 aromatic carbocycles. The highest BCUT2D eigenvalue weighted by Gasteiger charge is 2.34. The number of hydrogen-bond donors (Lipinski definition) is 3. The van der Waals surface area contributed by atoms with Crippen LogP contribution in [-0.2, 0) is 16.2 Å². The molecular weight excluding hydrogens is 465 g/mol. The Balaban J connectivity index is 1.33. The highest BCUT2D eigenvalue weighted by molar-refractivity contribution is 6.01. The van der Waals surface area contributed by atoms with Gasteiger partial charge in [-0.05, 0) is 75.6 Å². The molecule has 1 aromatic heterocycles. The Morgan fingerprint density at radius 1 is 1.17 bits per heavy atom. The summed E-state index contributed by atoms with van der Waals surface area (Å²) in [4.78, 5) is 39.0. The topological polar surface area (TPSA) is 126 Å². The molecule has 2 aliphatic rings. The molecule has 10 heteroatoms. The molecule has 0 saturated heterocycles. The van der Waals surface area contributed by atoms with Gasteiger partial charge < -0.3 is 20.6 Å². The van der Waals surface area contributed by atoms with E-state index >= 15 is 0 Å². The van der Waals surface area contributed by atoms with Gasteiger partial charge in [-0.3, -0.25) is 9.59 Å². The highest BCUT2D eigenvalue weighted by Crippen LogP contribution is 2.33. The summed E-state index contributed by atoms with van der Waals surface area (Å²) >= 11 is 0. The van der Waals surface area contributed by atoms with Gasteiger partial charge in [-0.2, -0.15) is 0 Å². The quantitative estimate of drug-likeness (QED) is 0.540. The van der Waals surface area contributed by atoms with Gasteiger partial charge in [0.05, 0.1) is 5.69 Å².